The van der Waals surface area contributed by atoms with E-state index in [4.69, 9.17) is 4.74 Å². The summed E-state index contributed by atoms with van der Waals surface area (Å²) in [5.41, 5.74) is -1.33. The van der Waals surface area contributed by atoms with E-state index >= 15 is 0 Å². The van der Waals surface area contributed by atoms with E-state index in [1.807, 2.05) is 0 Å². The fraction of sp³-hybridized carbons (Fsp3) is 0.714. The van der Waals surface area contributed by atoms with Crippen molar-refractivity contribution in [2.75, 3.05) is 0 Å². The van der Waals surface area contributed by atoms with Crippen LogP contribution in [0.4, 0.5) is 0 Å². The van der Waals surface area contributed by atoms with E-state index < -0.39 is 11.2 Å². The molecule has 4 fully saturated rings. The lowest BCUT2D eigenvalue weighted by Gasteiger charge is -2.58. The van der Waals surface area contributed by atoms with Crippen molar-refractivity contribution in [2.24, 2.45) is 11.8 Å². The molecule has 0 aromatic heterocycles. The van der Waals surface area contributed by atoms with Gasteiger partial charge in [-0.05, 0) is 25.7 Å². The highest BCUT2D eigenvalue weighted by molar-refractivity contribution is 5.91. The standard InChI is InChI=1S/C14H18O4/c1-8(15)9(2)18-14-5-10-3-13(17,7-14)4-11(6-14)12(10)16/h10-11,17H,2-7H2,1H3. The lowest BCUT2D eigenvalue weighted by Crippen LogP contribution is -2.63. The van der Waals surface area contributed by atoms with Gasteiger partial charge in [0.2, 0.25) is 0 Å². The molecule has 4 saturated carbocycles. The minimum absolute atomic E-state index is 0.101. The van der Waals surface area contributed by atoms with Gasteiger partial charge in [0.05, 0.1) is 5.60 Å². The predicted octanol–water partition coefficient (Wildman–Crippen LogP) is 1.37. The highest BCUT2D eigenvalue weighted by Crippen LogP contribution is 2.57. The third-order valence-electron chi connectivity index (χ3n) is 4.68. The van der Waals surface area contributed by atoms with Gasteiger partial charge in [-0.25, -0.2) is 0 Å². The summed E-state index contributed by atoms with van der Waals surface area (Å²) in [4.78, 5) is 23.3. The summed E-state index contributed by atoms with van der Waals surface area (Å²) < 4.78 is 5.77. The van der Waals surface area contributed by atoms with Gasteiger partial charge in [-0.15, -0.1) is 0 Å². The Hall–Kier alpha value is -1.16. The number of ketones is 2. The van der Waals surface area contributed by atoms with E-state index in [0.717, 1.165) is 0 Å². The molecule has 4 aliphatic carbocycles. The van der Waals surface area contributed by atoms with Crippen LogP contribution in [0.15, 0.2) is 12.3 Å². The van der Waals surface area contributed by atoms with Gasteiger partial charge in [-0.3, -0.25) is 9.59 Å². The Balaban J connectivity index is 1.88. The van der Waals surface area contributed by atoms with E-state index in [1.54, 1.807) is 0 Å². The number of allylic oxidation sites excluding steroid dienone is 1. The largest absolute Gasteiger partial charge is 0.484 e. The summed E-state index contributed by atoms with van der Waals surface area (Å²) >= 11 is 0. The molecule has 0 saturated heterocycles. The second kappa shape index (κ2) is 3.44. The summed E-state index contributed by atoms with van der Waals surface area (Å²) in [7, 11) is 0. The first kappa shape index (κ1) is 11.9. The Morgan fingerprint density at radius 1 is 1.33 bits per heavy atom. The molecule has 0 aromatic rings. The molecule has 0 heterocycles. The first-order chi connectivity index (χ1) is 8.33. The first-order valence-electron chi connectivity index (χ1n) is 6.48. The second-order valence-electron chi connectivity index (χ2n) is 6.28. The molecule has 4 rings (SSSR count). The van der Waals surface area contributed by atoms with Crippen molar-refractivity contribution in [3.05, 3.63) is 12.3 Å². The molecule has 98 valence electrons. The van der Waals surface area contributed by atoms with Crippen LogP contribution < -0.4 is 0 Å². The fourth-order valence-corrected chi connectivity index (χ4v) is 4.20. The van der Waals surface area contributed by atoms with Crippen molar-refractivity contribution in [1.82, 2.24) is 0 Å². The van der Waals surface area contributed by atoms with Crippen molar-refractivity contribution in [3.8, 4) is 0 Å². The van der Waals surface area contributed by atoms with E-state index in [-0.39, 0.29) is 29.2 Å². The summed E-state index contributed by atoms with van der Waals surface area (Å²) in [6, 6.07) is 0. The topological polar surface area (TPSA) is 63.6 Å². The van der Waals surface area contributed by atoms with Gasteiger partial charge in [-0.1, -0.05) is 6.58 Å². The first-order valence-corrected chi connectivity index (χ1v) is 6.48. The van der Waals surface area contributed by atoms with Gasteiger partial charge in [0.15, 0.2) is 11.5 Å². The van der Waals surface area contributed by atoms with Crippen LogP contribution in [0.3, 0.4) is 0 Å². The zero-order valence-corrected chi connectivity index (χ0v) is 10.6. The van der Waals surface area contributed by atoms with E-state index in [9.17, 15) is 14.7 Å². The van der Waals surface area contributed by atoms with Gasteiger partial charge in [0, 0.05) is 25.2 Å². The molecule has 4 nitrogen and oxygen atoms in total. The molecule has 0 aromatic carbocycles. The average molecular weight is 250 g/mol. The SMILES string of the molecule is C=C(OC12CC3CC(O)(CC(C1)C3=O)C2)C(C)=O. The third-order valence-corrected chi connectivity index (χ3v) is 4.68. The zero-order chi connectivity index (χ0) is 13.1. The highest BCUT2D eigenvalue weighted by atomic mass is 16.5. The minimum Gasteiger partial charge on any atom is -0.484 e. The molecular formula is C14H18O4. The van der Waals surface area contributed by atoms with Crippen LogP contribution in [0.2, 0.25) is 0 Å². The maximum absolute atomic E-state index is 12.0. The molecule has 2 unspecified atom stereocenters. The molecule has 4 aliphatic rings. The Morgan fingerprint density at radius 3 is 2.39 bits per heavy atom. The van der Waals surface area contributed by atoms with Crippen LogP contribution in [0.5, 0.6) is 0 Å². The molecule has 1 N–H and O–H groups in total. The second-order valence-corrected chi connectivity index (χ2v) is 6.28. The Kier molecular flexibility index (Phi) is 2.28. The number of hydrogen-bond acceptors (Lipinski definition) is 4. The summed E-state index contributed by atoms with van der Waals surface area (Å²) in [5, 5.41) is 10.5. The van der Waals surface area contributed by atoms with Gasteiger partial charge in [-0.2, -0.15) is 0 Å². The molecule has 2 atom stereocenters. The van der Waals surface area contributed by atoms with Crippen molar-refractivity contribution in [1.29, 1.82) is 0 Å². The quantitative estimate of drug-likeness (QED) is 0.607. The molecule has 0 amide bonds. The number of Topliss-reactive ketones (excluding diaryl/α,β-unsaturated/α-hetero) is 2. The van der Waals surface area contributed by atoms with Crippen LogP contribution in [0, 0.1) is 11.8 Å². The fourth-order valence-electron chi connectivity index (χ4n) is 4.20. The number of carbonyl (C=O) groups excluding carboxylic acids is 2. The molecule has 4 bridgehead atoms. The summed E-state index contributed by atoms with van der Waals surface area (Å²) in [6.07, 6.45) is 2.88. The molecule has 18 heavy (non-hydrogen) atoms. The van der Waals surface area contributed by atoms with Gasteiger partial charge in [0.25, 0.3) is 0 Å². The van der Waals surface area contributed by atoms with Gasteiger partial charge < -0.3 is 9.84 Å². The Bertz CT molecular complexity index is 433. The van der Waals surface area contributed by atoms with Crippen LogP contribution >= 0.6 is 0 Å². The van der Waals surface area contributed by atoms with E-state index in [0.29, 0.717) is 32.1 Å². The number of carbonyl (C=O) groups is 2. The highest BCUT2D eigenvalue weighted by Gasteiger charge is 2.62. The van der Waals surface area contributed by atoms with Crippen molar-refractivity contribution in [2.45, 2.75) is 50.2 Å². The van der Waals surface area contributed by atoms with E-state index in [1.165, 1.54) is 6.92 Å². The Labute approximate surface area is 106 Å². The maximum atomic E-state index is 12.0. The van der Waals surface area contributed by atoms with Crippen LogP contribution in [-0.4, -0.2) is 27.9 Å². The zero-order valence-electron chi connectivity index (χ0n) is 10.6. The number of aliphatic hydroxyl groups is 1. The lowest BCUT2D eigenvalue weighted by atomic mass is 9.51. The van der Waals surface area contributed by atoms with Crippen molar-refractivity contribution >= 4 is 11.6 Å². The smallest absolute Gasteiger partial charge is 0.193 e. The lowest BCUT2D eigenvalue weighted by molar-refractivity contribution is -0.205. The minimum atomic E-state index is -0.781. The molecule has 0 spiro atoms. The van der Waals surface area contributed by atoms with Crippen LogP contribution in [0.1, 0.15) is 39.0 Å². The Morgan fingerprint density at radius 2 is 1.89 bits per heavy atom. The molecule has 0 aliphatic heterocycles. The normalized spacial score (nSPS) is 45.1. The maximum Gasteiger partial charge on any atom is 0.193 e. The number of hydrogen-bond donors (Lipinski definition) is 1. The summed E-state index contributed by atoms with van der Waals surface area (Å²) in [5.74, 6) is 0.0242. The molecular weight excluding hydrogens is 232 g/mol. The van der Waals surface area contributed by atoms with Gasteiger partial charge in [0.1, 0.15) is 11.4 Å². The van der Waals surface area contributed by atoms with E-state index in [2.05, 4.69) is 6.58 Å². The molecule has 4 heteroatoms. The van der Waals surface area contributed by atoms with Gasteiger partial charge >= 0.3 is 0 Å². The predicted molar refractivity (Wildman–Crippen MR) is 63.7 cm³/mol. The number of ether oxygens (including phenoxy) is 1. The van der Waals surface area contributed by atoms with Crippen LogP contribution in [0.25, 0.3) is 0 Å². The number of rotatable bonds is 3. The van der Waals surface area contributed by atoms with Crippen LogP contribution in [-0.2, 0) is 14.3 Å². The molecule has 0 radical (unpaired) electrons. The summed E-state index contributed by atoms with van der Waals surface area (Å²) in [6.45, 7) is 5.05. The average Bonchev–Trinajstić information content (AvgIpc) is 2.22. The van der Waals surface area contributed by atoms with Crippen molar-refractivity contribution in [3.63, 3.8) is 0 Å². The monoisotopic (exact) mass is 250 g/mol. The third kappa shape index (κ3) is 1.62. The van der Waals surface area contributed by atoms with Crippen molar-refractivity contribution < 1.29 is 19.4 Å².